The Hall–Kier alpha value is -1.16. The van der Waals surface area contributed by atoms with Crippen LogP contribution in [0.15, 0.2) is 40.4 Å². The van der Waals surface area contributed by atoms with E-state index < -0.39 is 0 Å². The highest BCUT2D eigenvalue weighted by Gasteiger charge is 2.46. The molecule has 3 nitrogen and oxygen atoms in total. The van der Waals surface area contributed by atoms with E-state index in [4.69, 9.17) is 9.57 Å². The van der Waals surface area contributed by atoms with Gasteiger partial charge in [-0.1, -0.05) is 30.3 Å². The Morgan fingerprint density at radius 2 is 2.16 bits per heavy atom. The van der Waals surface area contributed by atoms with Gasteiger partial charge in [0, 0.05) is 16.6 Å². The molecule has 2 rings (SSSR count). The molecule has 1 fully saturated rings. The second kappa shape index (κ2) is 6.33. The fourth-order valence-corrected chi connectivity index (χ4v) is 3.59. The molecular formula is C15H21NO2S. The van der Waals surface area contributed by atoms with E-state index in [1.54, 1.807) is 7.11 Å². The maximum absolute atomic E-state index is 5.71. The first-order chi connectivity index (χ1) is 9.20. The third kappa shape index (κ3) is 3.06. The van der Waals surface area contributed by atoms with E-state index in [-0.39, 0.29) is 5.41 Å². The molecule has 1 aliphatic heterocycles. The van der Waals surface area contributed by atoms with E-state index in [1.807, 2.05) is 17.8 Å². The molecule has 1 aromatic rings. The Labute approximate surface area is 119 Å². The van der Waals surface area contributed by atoms with Crippen LogP contribution in [0.5, 0.6) is 0 Å². The molecule has 0 saturated carbocycles. The van der Waals surface area contributed by atoms with E-state index in [0.29, 0.717) is 5.92 Å². The summed E-state index contributed by atoms with van der Waals surface area (Å²) >= 11 is 1.85. The summed E-state index contributed by atoms with van der Waals surface area (Å²) in [6.07, 6.45) is 1.09. The number of ether oxygens (including phenoxy) is 1. The van der Waals surface area contributed by atoms with Crippen LogP contribution in [0.4, 0.5) is 0 Å². The van der Waals surface area contributed by atoms with Crippen LogP contribution in [0.25, 0.3) is 0 Å². The van der Waals surface area contributed by atoms with Gasteiger partial charge in [-0.2, -0.15) is 0 Å². The van der Waals surface area contributed by atoms with E-state index in [1.165, 1.54) is 4.90 Å². The van der Waals surface area contributed by atoms with Gasteiger partial charge in [-0.15, -0.1) is 11.8 Å². The topological polar surface area (TPSA) is 30.8 Å². The van der Waals surface area contributed by atoms with E-state index in [2.05, 4.69) is 43.3 Å². The Bertz CT molecular complexity index is 435. The van der Waals surface area contributed by atoms with Crippen molar-refractivity contribution in [3.63, 3.8) is 0 Å². The zero-order valence-electron chi connectivity index (χ0n) is 11.8. The summed E-state index contributed by atoms with van der Waals surface area (Å²) in [6.45, 7) is 5.17. The minimum atomic E-state index is -0.0503. The molecule has 0 radical (unpaired) electrons. The normalized spacial score (nSPS) is 28.4. The molecule has 1 saturated heterocycles. The number of hydrogen-bond donors (Lipinski definition) is 0. The molecule has 19 heavy (non-hydrogen) atoms. The molecule has 0 unspecified atom stereocenters. The Morgan fingerprint density at radius 3 is 2.79 bits per heavy atom. The van der Waals surface area contributed by atoms with Crippen molar-refractivity contribution in [1.82, 2.24) is 0 Å². The molecule has 2 atom stereocenters. The lowest BCUT2D eigenvalue weighted by molar-refractivity contribution is 0.194. The second-order valence-electron chi connectivity index (χ2n) is 5.01. The summed E-state index contributed by atoms with van der Waals surface area (Å²) in [6, 6.07) is 10.4. The molecule has 0 aromatic heterocycles. The number of nitrogens with zero attached hydrogens (tertiary/aromatic N) is 1. The van der Waals surface area contributed by atoms with E-state index in [9.17, 15) is 0 Å². The first-order valence-corrected chi connectivity index (χ1v) is 7.61. The van der Waals surface area contributed by atoms with Crippen LogP contribution in [0, 0.1) is 11.3 Å². The Balaban J connectivity index is 2.11. The first kappa shape index (κ1) is 14.3. The lowest BCUT2D eigenvalue weighted by Crippen LogP contribution is -2.32. The molecule has 4 heteroatoms. The molecule has 0 N–H and O–H groups in total. The highest BCUT2D eigenvalue weighted by atomic mass is 32.2. The summed E-state index contributed by atoms with van der Waals surface area (Å²) in [5, 5.41) is 4.07. The minimum Gasteiger partial charge on any atom is -0.478 e. The molecular weight excluding hydrogens is 258 g/mol. The lowest BCUT2D eigenvalue weighted by Gasteiger charge is -2.27. The van der Waals surface area contributed by atoms with Gasteiger partial charge in [0.05, 0.1) is 12.0 Å². The van der Waals surface area contributed by atoms with Gasteiger partial charge in [-0.3, -0.25) is 0 Å². The molecule has 1 aliphatic rings. The maximum atomic E-state index is 5.71. The van der Waals surface area contributed by atoms with Gasteiger partial charge in [0.25, 0.3) is 0 Å². The largest absolute Gasteiger partial charge is 0.478 e. The smallest absolute Gasteiger partial charge is 0.232 e. The number of hydrogen-bond acceptors (Lipinski definition) is 4. The number of benzene rings is 1. The maximum Gasteiger partial charge on any atom is 0.232 e. The lowest BCUT2D eigenvalue weighted by atomic mass is 9.79. The quantitative estimate of drug-likeness (QED) is 0.607. The Morgan fingerprint density at radius 1 is 1.42 bits per heavy atom. The third-order valence-corrected chi connectivity index (χ3v) is 5.11. The standard InChI is InChI=1S/C15H21NO2S/c1-4-12-10-18-14(16-17-3)15(12,2)11-19-13-8-6-5-7-9-13/h5-9,12H,4,10-11H2,1-3H3/b16-14-/t12-,15+/m1/s1. The van der Waals surface area contributed by atoms with Crippen LogP contribution >= 0.6 is 11.8 Å². The molecule has 1 aromatic carbocycles. The van der Waals surface area contributed by atoms with Crippen LogP contribution in [-0.2, 0) is 9.57 Å². The molecule has 0 spiro atoms. The van der Waals surface area contributed by atoms with Crippen molar-refractivity contribution in [3.05, 3.63) is 30.3 Å². The SMILES string of the molecule is CC[C@@H]1CO/C(=N\OC)[C@@]1(C)CSc1ccccc1. The Kier molecular flexibility index (Phi) is 4.75. The van der Waals surface area contributed by atoms with Gasteiger partial charge in [-0.05, 0) is 25.5 Å². The highest BCUT2D eigenvalue weighted by molar-refractivity contribution is 7.99. The van der Waals surface area contributed by atoms with Crippen molar-refractivity contribution in [2.24, 2.45) is 16.5 Å². The van der Waals surface area contributed by atoms with Gasteiger partial charge in [-0.25, -0.2) is 0 Å². The van der Waals surface area contributed by atoms with Gasteiger partial charge in [0.2, 0.25) is 5.90 Å². The van der Waals surface area contributed by atoms with Crippen LogP contribution in [0.1, 0.15) is 20.3 Å². The number of rotatable bonds is 5. The van der Waals surface area contributed by atoms with Crippen molar-refractivity contribution in [2.45, 2.75) is 25.2 Å². The van der Waals surface area contributed by atoms with Crippen molar-refractivity contribution < 1.29 is 9.57 Å². The number of thioether (sulfide) groups is 1. The van der Waals surface area contributed by atoms with Gasteiger partial charge in [0.1, 0.15) is 7.11 Å². The van der Waals surface area contributed by atoms with Crippen molar-refractivity contribution in [2.75, 3.05) is 19.5 Å². The van der Waals surface area contributed by atoms with E-state index >= 15 is 0 Å². The fourth-order valence-electron chi connectivity index (χ4n) is 2.41. The number of oxime groups is 1. The zero-order valence-corrected chi connectivity index (χ0v) is 12.6. The molecule has 0 aliphatic carbocycles. The van der Waals surface area contributed by atoms with Crippen LogP contribution in [0.2, 0.25) is 0 Å². The van der Waals surface area contributed by atoms with Crippen molar-refractivity contribution in [3.8, 4) is 0 Å². The summed E-state index contributed by atoms with van der Waals surface area (Å²) in [4.78, 5) is 6.20. The third-order valence-electron chi connectivity index (χ3n) is 3.76. The average Bonchev–Trinajstić information content (AvgIpc) is 2.75. The van der Waals surface area contributed by atoms with Crippen molar-refractivity contribution in [1.29, 1.82) is 0 Å². The van der Waals surface area contributed by atoms with E-state index in [0.717, 1.165) is 24.7 Å². The summed E-state index contributed by atoms with van der Waals surface area (Å²) in [5.74, 6) is 2.19. The molecule has 1 heterocycles. The molecule has 0 bridgehead atoms. The fraction of sp³-hybridized carbons (Fsp3) is 0.533. The van der Waals surface area contributed by atoms with Crippen LogP contribution in [-0.4, -0.2) is 25.4 Å². The summed E-state index contributed by atoms with van der Waals surface area (Å²) in [5.41, 5.74) is -0.0503. The summed E-state index contributed by atoms with van der Waals surface area (Å²) in [7, 11) is 1.57. The van der Waals surface area contributed by atoms with Crippen LogP contribution < -0.4 is 0 Å². The van der Waals surface area contributed by atoms with Gasteiger partial charge in [0.15, 0.2) is 0 Å². The summed E-state index contributed by atoms with van der Waals surface area (Å²) < 4.78 is 5.71. The van der Waals surface area contributed by atoms with Gasteiger partial charge >= 0.3 is 0 Å². The van der Waals surface area contributed by atoms with Crippen LogP contribution in [0.3, 0.4) is 0 Å². The first-order valence-electron chi connectivity index (χ1n) is 6.63. The van der Waals surface area contributed by atoms with Gasteiger partial charge < -0.3 is 9.57 Å². The average molecular weight is 279 g/mol. The second-order valence-corrected chi connectivity index (χ2v) is 6.06. The predicted molar refractivity (Wildman–Crippen MR) is 79.5 cm³/mol. The van der Waals surface area contributed by atoms with Crippen molar-refractivity contribution >= 4 is 17.7 Å². The molecule has 104 valence electrons. The monoisotopic (exact) mass is 279 g/mol. The highest BCUT2D eigenvalue weighted by Crippen LogP contribution is 2.42. The molecule has 0 amide bonds. The predicted octanol–water partition coefficient (Wildman–Crippen LogP) is 3.80. The zero-order chi connectivity index (χ0) is 13.7. The minimum absolute atomic E-state index is 0.0503.